The van der Waals surface area contributed by atoms with Crippen molar-refractivity contribution in [1.82, 2.24) is 14.7 Å². The minimum absolute atomic E-state index is 0.321. The highest BCUT2D eigenvalue weighted by atomic mass is 16.5. The summed E-state index contributed by atoms with van der Waals surface area (Å²) in [7, 11) is 4.11. The average Bonchev–Trinajstić information content (AvgIpc) is 2.52. The summed E-state index contributed by atoms with van der Waals surface area (Å²) in [5.41, 5.74) is 0.321. The molecular formula is C19H35N3O2. The molecule has 0 atom stereocenters. The van der Waals surface area contributed by atoms with E-state index in [2.05, 4.69) is 21.7 Å². The lowest BCUT2D eigenvalue weighted by Crippen LogP contribution is -2.72. The summed E-state index contributed by atoms with van der Waals surface area (Å²) in [5.74, 6) is 1.74. The van der Waals surface area contributed by atoms with Crippen molar-refractivity contribution < 1.29 is 9.47 Å². The topological polar surface area (TPSA) is 28.2 Å². The quantitative estimate of drug-likeness (QED) is 0.750. The van der Waals surface area contributed by atoms with Crippen LogP contribution in [-0.2, 0) is 9.47 Å². The Labute approximate surface area is 147 Å². The molecule has 4 aliphatic rings. The Hall–Kier alpha value is -0.200. The van der Waals surface area contributed by atoms with E-state index in [0.29, 0.717) is 11.6 Å². The zero-order chi connectivity index (χ0) is 16.6. The number of piperazine rings is 1. The zero-order valence-corrected chi connectivity index (χ0v) is 15.6. The Morgan fingerprint density at radius 1 is 1.00 bits per heavy atom. The summed E-state index contributed by atoms with van der Waals surface area (Å²) in [6.45, 7) is 10.7. The van der Waals surface area contributed by atoms with E-state index < -0.39 is 0 Å². The molecule has 138 valence electrons. The maximum atomic E-state index is 5.67. The molecule has 0 aromatic rings. The van der Waals surface area contributed by atoms with E-state index in [0.717, 1.165) is 25.0 Å². The smallest absolute Gasteiger partial charge is 0.0807 e. The van der Waals surface area contributed by atoms with Crippen LogP contribution in [0.4, 0.5) is 0 Å². The van der Waals surface area contributed by atoms with Crippen LogP contribution < -0.4 is 0 Å². The Morgan fingerprint density at radius 2 is 1.75 bits per heavy atom. The number of ether oxygens (including phenoxy) is 2. The fourth-order valence-electron chi connectivity index (χ4n) is 5.08. The molecule has 1 aliphatic carbocycles. The number of hydrogen-bond donors (Lipinski definition) is 0. The van der Waals surface area contributed by atoms with Crippen molar-refractivity contribution in [2.24, 2.45) is 11.8 Å². The van der Waals surface area contributed by atoms with Crippen LogP contribution in [0.25, 0.3) is 0 Å². The summed E-state index contributed by atoms with van der Waals surface area (Å²) in [6, 6.07) is 0. The number of methoxy groups -OCH3 is 1. The van der Waals surface area contributed by atoms with E-state index in [1.807, 2.05) is 7.11 Å². The zero-order valence-electron chi connectivity index (χ0n) is 15.6. The van der Waals surface area contributed by atoms with E-state index in [1.54, 1.807) is 0 Å². The first kappa shape index (κ1) is 17.2. The van der Waals surface area contributed by atoms with Gasteiger partial charge in [0.15, 0.2) is 0 Å². The van der Waals surface area contributed by atoms with Crippen LogP contribution >= 0.6 is 0 Å². The van der Waals surface area contributed by atoms with Gasteiger partial charge in [-0.3, -0.25) is 9.80 Å². The van der Waals surface area contributed by atoms with Gasteiger partial charge in [-0.25, -0.2) is 0 Å². The second kappa shape index (κ2) is 7.20. The number of likely N-dealkylation sites (tertiary alicyclic amines) is 1. The van der Waals surface area contributed by atoms with Crippen LogP contribution in [0.1, 0.15) is 25.7 Å². The second-order valence-corrected chi connectivity index (χ2v) is 8.84. The van der Waals surface area contributed by atoms with Gasteiger partial charge in [-0.15, -0.1) is 0 Å². The second-order valence-electron chi connectivity index (χ2n) is 8.84. The molecule has 0 radical (unpaired) electrons. The van der Waals surface area contributed by atoms with E-state index in [9.17, 15) is 0 Å². The van der Waals surface area contributed by atoms with Crippen LogP contribution in [0, 0.1) is 11.8 Å². The predicted molar refractivity (Wildman–Crippen MR) is 95.3 cm³/mol. The molecule has 0 N–H and O–H groups in total. The molecule has 5 heteroatoms. The normalized spacial score (nSPS) is 35.8. The van der Waals surface area contributed by atoms with Gasteiger partial charge in [0.2, 0.25) is 0 Å². The Kier molecular flexibility index (Phi) is 5.17. The van der Waals surface area contributed by atoms with Gasteiger partial charge in [0.25, 0.3) is 0 Å². The average molecular weight is 338 g/mol. The van der Waals surface area contributed by atoms with Gasteiger partial charge < -0.3 is 14.4 Å². The molecule has 3 saturated heterocycles. The highest BCUT2D eigenvalue weighted by molar-refractivity contribution is 5.03. The fourth-order valence-corrected chi connectivity index (χ4v) is 5.08. The maximum Gasteiger partial charge on any atom is 0.0807 e. The summed E-state index contributed by atoms with van der Waals surface area (Å²) in [6.07, 6.45) is 5.78. The van der Waals surface area contributed by atoms with Crippen molar-refractivity contribution in [1.29, 1.82) is 0 Å². The summed E-state index contributed by atoms with van der Waals surface area (Å²) in [4.78, 5) is 7.98. The number of piperidine rings is 1. The first-order chi connectivity index (χ1) is 11.7. The number of rotatable bonds is 5. The third-order valence-corrected chi connectivity index (χ3v) is 6.98. The van der Waals surface area contributed by atoms with Gasteiger partial charge in [0.05, 0.1) is 24.9 Å². The molecule has 24 heavy (non-hydrogen) atoms. The van der Waals surface area contributed by atoms with Crippen LogP contribution in [0.15, 0.2) is 0 Å². The van der Waals surface area contributed by atoms with Gasteiger partial charge >= 0.3 is 0 Å². The third-order valence-electron chi connectivity index (χ3n) is 6.98. The standard InChI is InChI=1S/C19H35N3O2/c1-20-5-3-16(4-6-20)11-21-7-8-22(19(13-21)14-24-15-19)12-17-9-18(10-17)23-2/h16-18H,3-15H2,1-2H3. The number of nitrogens with zero attached hydrogens (tertiary/aromatic N) is 3. The van der Waals surface area contributed by atoms with Gasteiger partial charge in [-0.1, -0.05) is 0 Å². The van der Waals surface area contributed by atoms with Crippen LogP contribution in [0.2, 0.25) is 0 Å². The molecule has 1 spiro atoms. The molecule has 0 amide bonds. The van der Waals surface area contributed by atoms with E-state index >= 15 is 0 Å². The summed E-state index contributed by atoms with van der Waals surface area (Å²) in [5, 5.41) is 0. The molecule has 4 fully saturated rings. The first-order valence-corrected chi connectivity index (χ1v) is 9.93. The molecule has 0 aromatic heterocycles. The SMILES string of the molecule is COC1CC(CN2CCN(CC3CCN(C)CC3)CC23COC3)C1. The van der Waals surface area contributed by atoms with Gasteiger partial charge in [-0.05, 0) is 57.7 Å². The molecule has 3 aliphatic heterocycles. The van der Waals surface area contributed by atoms with Crippen molar-refractivity contribution in [2.75, 3.05) is 73.2 Å². The third kappa shape index (κ3) is 3.51. The van der Waals surface area contributed by atoms with Crippen molar-refractivity contribution in [3.63, 3.8) is 0 Å². The lowest BCUT2D eigenvalue weighted by molar-refractivity contribution is -0.179. The van der Waals surface area contributed by atoms with E-state index in [4.69, 9.17) is 9.47 Å². The van der Waals surface area contributed by atoms with Crippen LogP contribution in [0.5, 0.6) is 0 Å². The molecule has 0 aromatic carbocycles. The highest BCUT2D eigenvalue weighted by Crippen LogP contribution is 2.36. The molecular weight excluding hydrogens is 302 g/mol. The Morgan fingerprint density at radius 3 is 2.38 bits per heavy atom. The number of hydrogen-bond acceptors (Lipinski definition) is 5. The van der Waals surface area contributed by atoms with Gasteiger partial charge in [0.1, 0.15) is 0 Å². The van der Waals surface area contributed by atoms with E-state index in [1.165, 1.54) is 71.5 Å². The molecule has 1 saturated carbocycles. The van der Waals surface area contributed by atoms with Crippen molar-refractivity contribution >= 4 is 0 Å². The monoisotopic (exact) mass is 337 g/mol. The van der Waals surface area contributed by atoms with Crippen LogP contribution in [-0.4, -0.2) is 99.5 Å². The van der Waals surface area contributed by atoms with Crippen LogP contribution in [0.3, 0.4) is 0 Å². The fraction of sp³-hybridized carbons (Fsp3) is 1.00. The highest BCUT2D eigenvalue weighted by Gasteiger charge is 2.49. The van der Waals surface area contributed by atoms with E-state index in [-0.39, 0.29) is 0 Å². The first-order valence-electron chi connectivity index (χ1n) is 9.93. The Bertz CT molecular complexity index is 415. The maximum absolute atomic E-state index is 5.67. The van der Waals surface area contributed by atoms with Gasteiger partial charge in [0, 0.05) is 39.8 Å². The van der Waals surface area contributed by atoms with Crippen molar-refractivity contribution in [2.45, 2.75) is 37.3 Å². The lowest BCUT2D eigenvalue weighted by atomic mass is 9.80. The summed E-state index contributed by atoms with van der Waals surface area (Å²) < 4.78 is 11.1. The molecule has 4 rings (SSSR count). The largest absolute Gasteiger partial charge is 0.381 e. The lowest BCUT2D eigenvalue weighted by Gasteiger charge is -2.57. The minimum Gasteiger partial charge on any atom is -0.381 e. The Balaban J connectivity index is 1.28. The summed E-state index contributed by atoms with van der Waals surface area (Å²) >= 11 is 0. The molecule has 5 nitrogen and oxygen atoms in total. The van der Waals surface area contributed by atoms with Crippen molar-refractivity contribution in [3.8, 4) is 0 Å². The molecule has 0 bridgehead atoms. The molecule has 0 unspecified atom stereocenters. The van der Waals surface area contributed by atoms with Gasteiger partial charge in [-0.2, -0.15) is 0 Å². The minimum atomic E-state index is 0.321. The van der Waals surface area contributed by atoms with Crippen molar-refractivity contribution in [3.05, 3.63) is 0 Å². The molecule has 3 heterocycles. The predicted octanol–water partition coefficient (Wildman–Crippen LogP) is 1.14.